The summed E-state index contributed by atoms with van der Waals surface area (Å²) in [5.74, 6) is 0.448. The molecule has 1 amide bonds. The fraction of sp³-hybridized carbons (Fsp3) is 0.625. The van der Waals surface area contributed by atoms with Crippen molar-refractivity contribution in [3.63, 3.8) is 0 Å². The standard InChI is InChI=1S/C16H24N4O/c1-18-10-12-6-2-3-8-20(12)16-13(15(17)21)9-11-5-4-7-14(11)19-16/h9,12,18H,2-8,10H2,1H3,(H2,17,21). The van der Waals surface area contributed by atoms with Gasteiger partial charge in [-0.3, -0.25) is 4.79 Å². The summed E-state index contributed by atoms with van der Waals surface area (Å²) in [6, 6.07) is 2.38. The van der Waals surface area contributed by atoms with Crippen molar-refractivity contribution in [1.82, 2.24) is 10.3 Å². The molecule has 1 aliphatic carbocycles. The number of hydrogen-bond acceptors (Lipinski definition) is 4. The molecule has 0 bridgehead atoms. The molecule has 5 heteroatoms. The number of carbonyl (C=O) groups excluding carboxylic acids is 1. The Hall–Kier alpha value is -1.62. The predicted octanol–water partition coefficient (Wildman–Crippen LogP) is 1.25. The number of pyridine rings is 1. The Morgan fingerprint density at radius 2 is 2.29 bits per heavy atom. The number of amides is 1. The number of aryl methyl sites for hydroxylation is 2. The van der Waals surface area contributed by atoms with E-state index in [9.17, 15) is 4.79 Å². The van der Waals surface area contributed by atoms with Gasteiger partial charge in [-0.15, -0.1) is 0 Å². The number of rotatable bonds is 4. The summed E-state index contributed by atoms with van der Waals surface area (Å²) in [5.41, 5.74) is 8.57. The number of nitrogens with one attached hydrogen (secondary N) is 1. The van der Waals surface area contributed by atoms with Crippen LogP contribution < -0.4 is 16.0 Å². The van der Waals surface area contributed by atoms with Crippen LogP contribution in [0.5, 0.6) is 0 Å². The minimum Gasteiger partial charge on any atom is -0.365 e. The molecule has 1 unspecified atom stereocenters. The summed E-state index contributed by atoms with van der Waals surface area (Å²) >= 11 is 0. The monoisotopic (exact) mass is 288 g/mol. The molecule has 5 nitrogen and oxygen atoms in total. The van der Waals surface area contributed by atoms with Crippen molar-refractivity contribution in [2.24, 2.45) is 5.73 Å². The molecule has 1 fully saturated rings. The quantitative estimate of drug-likeness (QED) is 0.874. The Morgan fingerprint density at radius 3 is 3.05 bits per heavy atom. The van der Waals surface area contributed by atoms with Crippen LogP contribution in [0.2, 0.25) is 0 Å². The van der Waals surface area contributed by atoms with Crippen molar-refractivity contribution in [1.29, 1.82) is 0 Å². The van der Waals surface area contributed by atoms with E-state index >= 15 is 0 Å². The van der Waals surface area contributed by atoms with Crippen molar-refractivity contribution < 1.29 is 4.79 Å². The zero-order chi connectivity index (χ0) is 14.8. The highest BCUT2D eigenvalue weighted by molar-refractivity contribution is 5.98. The van der Waals surface area contributed by atoms with Crippen LogP contribution in [-0.4, -0.2) is 37.1 Å². The Morgan fingerprint density at radius 1 is 1.43 bits per heavy atom. The highest BCUT2D eigenvalue weighted by Gasteiger charge is 2.28. The van der Waals surface area contributed by atoms with Gasteiger partial charge in [0.2, 0.25) is 0 Å². The van der Waals surface area contributed by atoms with E-state index in [0.29, 0.717) is 11.6 Å². The maximum absolute atomic E-state index is 11.9. The fourth-order valence-corrected chi connectivity index (χ4v) is 3.59. The maximum Gasteiger partial charge on any atom is 0.252 e. The van der Waals surface area contributed by atoms with Gasteiger partial charge in [-0.2, -0.15) is 0 Å². The number of nitrogens with zero attached hydrogens (tertiary/aromatic N) is 2. The minimum atomic E-state index is -0.360. The fourth-order valence-electron chi connectivity index (χ4n) is 3.59. The molecule has 1 aromatic rings. The van der Waals surface area contributed by atoms with Crippen molar-refractivity contribution in [3.8, 4) is 0 Å². The molecule has 21 heavy (non-hydrogen) atoms. The van der Waals surface area contributed by atoms with Crippen LogP contribution in [0.15, 0.2) is 6.07 Å². The van der Waals surface area contributed by atoms with E-state index in [4.69, 9.17) is 10.7 Å². The third-order valence-corrected chi connectivity index (χ3v) is 4.64. The number of anilines is 1. The molecular weight excluding hydrogens is 264 g/mol. The molecular formula is C16H24N4O. The topological polar surface area (TPSA) is 71.2 Å². The van der Waals surface area contributed by atoms with Gasteiger partial charge in [-0.1, -0.05) is 0 Å². The van der Waals surface area contributed by atoms with Crippen molar-refractivity contribution >= 4 is 11.7 Å². The third kappa shape index (κ3) is 2.75. The van der Waals surface area contributed by atoms with Gasteiger partial charge < -0.3 is 16.0 Å². The number of carbonyl (C=O) groups is 1. The van der Waals surface area contributed by atoms with Gasteiger partial charge in [0, 0.05) is 24.8 Å². The van der Waals surface area contributed by atoms with E-state index in [0.717, 1.165) is 56.7 Å². The number of primary amides is 1. The van der Waals surface area contributed by atoms with Gasteiger partial charge in [0.15, 0.2) is 0 Å². The lowest BCUT2D eigenvalue weighted by Crippen LogP contribution is -2.46. The zero-order valence-electron chi connectivity index (χ0n) is 12.7. The molecule has 2 aliphatic rings. The van der Waals surface area contributed by atoms with E-state index in [-0.39, 0.29) is 5.91 Å². The van der Waals surface area contributed by atoms with Crippen LogP contribution in [-0.2, 0) is 12.8 Å². The molecule has 0 spiro atoms. The van der Waals surface area contributed by atoms with Gasteiger partial charge in [0.1, 0.15) is 5.82 Å². The van der Waals surface area contributed by atoms with Gasteiger partial charge >= 0.3 is 0 Å². The number of piperidine rings is 1. The van der Waals surface area contributed by atoms with E-state index in [1.807, 2.05) is 13.1 Å². The largest absolute Gasteiger partial charge is 0.365 e. The van der Waals surface area contributed by atoms with Crippen molar-refractivity contribution in [3.05, 3.63) is 22.9 Å². The summed E-state index contributed by atoms with van der Waals surface area (Å²) < 4.78 is 0. The summed E-state index contributed by atoms with van der Waals surface area (Å²) in [6.07, 6.45) is 6.69. The van der Waals surface area contributed by atoms with Crippen LogP contribution in [0, 0.1) is 0 Å². The number of hydrogen-bond donors (Lipinski definition) is 2. The third-order valence-electron chi connectivity index (χ3n) is 4.64. The number of nitrogens with two attached hydrogens (primary N) is 1. The van der Waals surface area contributed by atoms with E-state index < -0.39 is 0 Å². The van der Waals surface area contributed by atoms with Crippen LogP contribution in [0.3, 0.4) is 0 Å². The average molecular weight is 288 g/mol. The molecule has 114 valence electrons. The van der Waals surface area contributed by atoms with Gasteiger partial charge in [0.05, 0.1) is 5.56 Å². The average Bonchev–Trinajstić information content (AvgIpc) is 2.94. The van der Waals surface area contributed by atoms with Crippen LogP contribution in [0.4, 0.5) is 5.82 Å². The molecule has 1 saturated heterocycles. The smallest absolute Gasteiger partial charge is 0.252 e. The van der Waals surface area contributed by atoms with Gasteiger partial charge in [0.25, 0.3) is 5.91 Å². The predicted molar refractivity (Wildman–Crippen MR) is 83.7 cm³/mol. The molecule has 1 aliphatic heterocycles. The first kappa shape index (κ1) is 14.3. The summed E-state index contributed by atoms with van der Waals surface area (Å²) in [4.78, 5) is 19.0. The van der Waals surface area contributed by atoms with Gasteiger partial charge in [-0.05, 0) is 57.2 Å². The second-order valence-corrected chi connectivity index (χ2v) is 6.08. The van der Waals surface area contributed by atoms with Crippen LogP contribution in [0.1, 0.15) is 47.3 Å². The van der Waals surface area contributed by atoms with Crippen LogP contribution in [0.25, 0.3) is 0 Å². The van der Waals surface area contributed by atoms with E-state index in [1.165, 1.54) is 12.0 Å². The first-order valence-corrected chi connectivity index (χ1v) is 7.94. The molecule has 0 radical (unpaired) electrons. The molecule has 0 saturated carbocycles. The Kier molecular flexibility index (Phi) is 4.10. The second-order valence-electron chi connectivity index (χ2n) is 6.08. The summed E-state index contributed by atoms with van der Waals surface area (Å²) in [7, 11) is 1.97. The normalized spacial score (nSPS) is 21.4. The summed E-state index contributed by atoms with van der Waals surface area (Å²) in [6.45, 7) is 1.87. The Labute approximate surface area is 125 Å². The maximum atomic E-state index is 11.9. The van der Waals surface area contributed by atoms with Crippen molar-refractivity contribution in [2.75, 3.05) is 25.0 Å². The Bertz CT molecular complexity index is 541. The molecule has 3 rings (SSSR count). The van der Waals surface area contributed by atoms with Gasteiger partial charge in [-0.25, -0.2) is 4.98 Å². The van der Waals surface area contributed by atoms with E-state index in [1.54, 1.807) is 0 Å². The number of likely N-dealkylation sites (N-methyl/N-ethyl adjacent to an activating group) is 1. The lowest BCUT2D eigenvalue weighted by Gasteiger charge is -2.37. The van der Waals surface area contributed by atoms with Crippen LogP contribution >= 0.6 is 0 Å². The highest BCUT2D eigenvalue weighted by Crippen LogP contribution is 2.30. The lowest BCUT2D eigenvalue weighted by atomic mass is 10.0. The zero-order valence-corrected chi connectivity index (χ0v) is 12.7. The Balaban J connectivity index is 2.00. The van der Waals surface area contributed by atoms with Crippen molar-refractivity contribution in [2.45, 2.75) is 44.6 Å². The molecule has 2 heterocycles. The minimum absolute atomic E-state index is 0.360. The molecule has 3 N–H and O–H groups in total. The SMILES string of the molecule is CNCC1CCCCN1c1nc2c(cc1C(N)=O)CCC2. The second kappa shape index (κ2) is 6.02. The first-order valence-electron chi connectivity index (χ1n) is 7.94. The molecule has 1 atom stereocenters. The summed E-state index contributed by atoms with van der Waals surface area (Å²) in [5, 5.41) is 3.25. The highest BCUT2D eigenvalue weighted by atomic mass is 16.1. The lowest BCUT2D eigenvalue weighted by molar-refractivity contribution is 0.1000. The first-order chi connectivity index (χ1) is 10.2. The van der Waals surface area contributed by atoms with E-state index in [2.05, 4.69) is 10.2 Å². The molecule has 0 aromatic carbocycles. The number of fused-ring (bicyclic) bond motifs is 1. The number of aromatic nitrogens is 1. The molecule has 1 aromatic heterocycles.